The molecule has 0 spiro atoms. The van der Waals surface area contributed by atoms with Crippen LogP contribution in [0.15, 0.2) is 59.1 Å². The van der Waals surface area contributed by atoms with Gasteiger partial charge in [0, 0.05) is 20.5 Å². The number of hydrogen-bond donors (Lipinski definition) is 1. The summed E-state index contributed by atoms with van der Waals surface area (Å²) in [6, 6.07) is 18.1. The molecule has 0 unspecified atom stereocenters. The lowest BCUT2D eigenvalue weighted by molar-refractivity contribution is -0.113. The van der Waals surface area contributed by atoms with E-state index in [0.29, 0.717) is 23.2 Å². The molecule has 0 radical (unpaired) electrons. The van der Waals surface area contributed by atoms with E-state index in [-0.39, 0.29) is 5.91 Å². The Morgan fingerprint density at radius 2 is 1.89 bits per heavy atom. The molecule has 7 heteroatoms. The zero-order valence-corrected chi connectivity index (χ0v) is 16.2. The Labute approximate surface area is 163 Å². The Balaban J connectivity index is 1.57. The highest BCUT2D eigenvalue weighted by molar-refractivity contribution is 7.99. The van der Waals surface area contributed by atoms with Crippen molar-refractivity contribution in [1.82, 2.24) is 10.1 Å². The Hall–Kier alpha value is -2.80. The monoisotopic (exact) mass is 382 g/mol. The summed E-state index contributed by atoms with van der Waals surface area (Å²) in [7, 11) is 2.02. The summed E-state index contributed by atoms with van der Waals surface area (Å²) in [4.78, 5) is 18.6. The van der Waals surface area contributed by atoms with Crippen LogP contribution in [0.4, 0.5) is 11.4 Å². The van der Waals surface area contributed by atoms with E-state index in [0.717, 1.165) is 17.9 Å². The summed E-state index contributed by atoms with van der Waals surface area (Å²) in [6.45, 7) is 2.51. The largest absolute Gasteiger partial charge is 0.369 e. The van der Waals surface area contributed by atoms with Gasteiger partial charge in [-0.15, -0.1) is 11.8 Å². The molecule has 0 atom stereocenters. The van der Waals surface area contributed by atoms with Crippen molar-refractivity contribution in [3.63, 3.8) is 0 Å². The van der Waals surface area contributed by atoms with Gasteiger partial charge in [0.25, 0.3) is 0 Å². The molecule has 1 N–H and O–H groups in total. The Morgan fingerprint density at radius 1 is 1.15 bits per heavy atom. The van der Waals surface area contributed by atoms with Crippen LogP contribution in [-0.2, 0) is 17.1 Å². The summed E-state index contributed by atoms with van der Waals surface area (Å²) in [6.07, 6.45) is 0. The third kappa shape index (κ3) is 5.59. The molecule has 2 aromatic carbocycles. The minimum atomic E-state index is -0.0548. The zero-order chi connectivity index (χ0) is 19.1. The molecule has 27 heavy (non-hydrogen) atoms. The second kappa shape index (κ2) is 9.23. The number of thioether (sulfide) groups is 1. The molecule has 3 rings (SSSR count). The first-order chi connectivity index (χ1) is 13.1. The fourth-order valence-electron chi connectivity index (χ4n) is 2.68. The number of rotatable bonds is 8. The molecule has 0 aliphatic heterocycles. The quantitative estimate of drug-likeness (QED) is 0.637. The summed E-state index contributed by atoms with van der Waals surface area (Å²) < 4.78 is 4.93. The minimum absolute atomic E-state index is 0.0548. The first-order valence-corrected chi connectivity index (χ1v) is 9.78. The standard InChI is InChI=1S/C20H22N4O2S/c1-15-21-19(23-26-15)13-27-14-20(25)22-17-10-6-7-11-18(17)24(2)12-16-8-4-3-5-9-16/h3-11H,12-14H2,1-2H3,(H,22,25). The average molecular weight is 382 g/mol. The molecular formula is C20H22N4O2S. The maximum Gasteiger partial charge on any atom is 0.234 e. The van der Waals surface area contributed by atoms with Crippen molar-refractivity contribution in [2.75, 3.05) is 23.0 Å². The second-order valence-corrected chi connectivity index (χ2v) is 7.12. The zero-order valence-electron chi connectivity index (χ0n) is 15.4. The maximum absolute atomic E-state index is 12.3. The number of amides is 1. The van der Waals surface area contributed by atoms with Gasteiger partial charge in [0.05, 0.1) is 22.9 Å². The van der Waals surface area contributed by atoms with Gasteiger partial charge in [0.1, 0.15) is 0 Å². The molecule has 0 aliphatic rings. The lowest BCUT2D eigenvalue weighted by Crippen LogP contribution is -2.20. The maximum atomic E-state index is 12.3. The Kier molecular flexibility index (Phi) is 6.49. The Bertz CT molecular complexity index is 882. The smallest absolute Gasteiger partial charge is 0.234 e. The number of aryl methyl sites for hydroxylation is 1. The molecule has 6 nitrogen and oxygen atoms in total. The van der Waals surface area contributed by atoms with E-state index in [2.05, 4.69) is 32.5 Å². The van der Waals surface area contributed by atoms with E-state index in [1.165, 1.54) is 17.3 Å². The van der Waals surface area contributed by atoms with Crippen LogP contribution >= 0.6 is 11.8 Å². The van der Waals surface area contributed by atoms with Gasteiger partial charge in [-0.2, -0.15) is 4.98 Å². The van der Waals surface area contributed by atoms with Crippen LogP contribution in [0.5, 0.6) is 0 Å². The predicted octanol–water partition coefficient (Wildman–Crippen LogP) is 3.89. The van der Waals surface area contributed by atoms with E-state index < -0.39 is 0 Å². The molecule has 3 aromatic rings. The number of nitrogens with zero attached hydrogens (tertiary/aromatic N) is 3. The molecular weight excluding hydrogens is 360 g/mol. The number of carbonyl (C=O) groups excluding carboxylic acids is 1. The van der Waals surface area contributed by atoms with Gasteiger partial charge in [-0.1, -0.05) is 47.6 Å². The number of nitrogens with one attached hydrogen (secondary N) is 1. The average Bonchev–Trinajstić information content (AvgIpc) is 3.08. The fraction of sp³-hybridized carbons (Fsp3) is 0.250. The second-order valence-electron chi connectivity index (χ2n) is 6.13. The number of carbonyl (C=O) groups is 1. The minimum Gasteiger partial charge on any atom is -0.369 e. The first kappa shape index (κ1) is 19.0. The number of para-hydroxylation sites is 2. The molecule has 0 bridgehead atoms. The van der Waals surface area contributed by atoms with Gasteiger partial charge in [0.15, 0.2) is 5.82 Å². The van der Waals surface area contributed by atoms with Crippen molar-refractivity contribution in [3.8, 4) is 0 Å². The molecule has 140 valence electrons. The van der Waals surface area contributed by atoms with Crippen LogP contribution in [0.2, 0.25) is 0 Å². The van der Waals surface area contributed by atoms with E-state index >= 15 is 0 Å². The van der Waals surface area contributed by atoms with Gasteiger partial charge in [0.2, 0.25) is 11.8 Å². The molecule has 1 amide bonds. The highest BCUT2D eigenvalue weighted by atomic mass is 32.2. The first-order valence-electron chi connectivity index (χ1n) is 8.62. The lowest BCUT2D eigenvalue weighted by Gasteiger charge is -2.22. The lowest BCUT2D eigenvalue weighted by atomic mass is 10.2. The van der Waals surface area contributed by atoms with Gasteiger partial charge < -0.3 is 14.7 Å². The van der Waals surface area contributed by atoms with E-state index in [9.17, 15) is 4.79 Å². The van der Waals surface area contributed by atoms with Crippen LogP contribution in [0.3, 0.4) is 0 Å². The summed E-state index contributed by atoms with van der Waals surface area (Å²) in [5, 5.41) is 6.83. The van der Waals surface area contributed by atoms with E-state index in [4.69, 9.17) is 4.52 Å². The third-order valence-corrected chi connectivity index (χ3v) is 4.81. The van der Waals surface area contributed by atoms with Crippen LogP contribution in [-0.4, -0.2) is 28.8 Å². The molecule has 0 saturated carbocycles. The van der Waals surface area contributed by atoms with E-state index in [1.807, 2.05) is 49.5 Å². The molecule has 0 fully saturated rings. The van der Waals surface area contributed by atoms with Crippen molar-refractivity contribution in [3.05, 3.63) is 71.9 Å². The molecule has 1 heterocycles. The highest BCUT2D eigenvalue weighted by Gasteiger charge is 2.11. The van der Waals surface area contributed by atoms with Crippen LogP contribution in [0.1, 0.15) is 17.3 Å². The van der Waals surface area contributed by atoms with Crippen LogP contribution < -0.4 is 10.2 Å². The van der Waals surface area contributed by atoms with Gasteiger partial charge in [-0.25, -0.2) is 0 Å². The highest BCUT2D eigenvalue weighted by Crippen LogP contribution is 2.26. The molecule has 0 saturated heterocycles. The Morgan fingerprint density at radius 3 is 2.63 bits per heavy atom. The van der Waals surface area contributed by atoms with Gasteiger partial charge >= 0.3 is 0 Å². The fourth-order valence-corrected chi connectivity index (χ4v) is 3.34. The third-order valence-electron chi connectivity index (χ3n) is 3.89. The summed E-state index contributed by atoms with van der Waals surface area (Å²) in [5.41, 5.74) is 3.00. The topological polar surface area (TPSA) is 71.3 Å². The van der Waals surface area contributed by atoms with Crippen molar-refractivity contribution < 1.29 is 9.32 Å². The SMILES string of the molecule is Cc1nc(CSCC(=O)Nc2ccccc2N(C)Cc2ccccc2)no1. The summed E-state index contributed by atoms with van der Waals surface area (Å²) in [5.74, 6) is 1.95. The normalized spacial score (nSPS) is 10.6. The van der Waals surface area contributed by atoms with Crippen molar-refractivity contribution in [1.29, 1.82) is 0 Å². The van der Waals surface area contributed by atoms with Crippen molar-refractivity contribution >= 4 is 29.0 Å². The molecule has 1 aromatic heterocycles. The van der Waals surface area contributed by atoms with Crippen molar-refractivity contribution in [2.24, 2.45) is 0 Å². The van der Waals surface area contributed by atoms with Gasteiger partial charge in [-0.05, 0) is 17.7 Å². The predicted molar refractivity (Wildman–Crippen MR) is 109 cm³/mol. The number of hydrogen-bond acceptors (Lipinski definition) is 6. The molecule has 0 aliphatic carbocycles. The van der Waals surface area contributed by atoms with Gasteiger partial charge in [-0.3, -0.25) is 4.79 Å². The van der Waals surface area contributed by atoms with Crippen molar-refractivity contribution in [2.45, 2.75) is 19.2 Å². The van der Waals surface area contributed by atoms with E-state index in [1.54, 1.807) is 6.92 Å². The van der Waals surface area contributed by atoms with Crippen LogP contribution in [0.25, 0.3) is 0 Å². The number of anilines is 2. The number of benzene rings is 2. The van der Waals surface area contributed by atoms with Crippen LogP contribution in [0, 0.1) is 6.92 Å². The summed E-state index contributed by atoms with van der Waals surface area (Å²) >= 11 is 1.45. The number of aromatic nitrogens is 2.